The lowest BCUT2D eigenvalue weighted by atomic mass is 9.70. The summed E-state index contributed by atoms with van der Waals surface area (Å²) in [6.07, 6.45) is 4.59. The SMILES string of the molecule is Cc1ccc2c(c1)C(CCCCC(=O)[O-])(CCCCC(=O)[O-])c1cc(C)ccc1-2. The number of aryl methyl sites for hydroxylation is 2. The van der Waals surface area contributed by atoms with Crippen molar-refractivity contribution in [2.45, 2.75) is 70.6 Å². The Morgan fingerprint density at radius 2 is 1.14 bits per heavy atom. The summed E-state index contributed by atoms with van der Waals surface area (Å²) in [5, 5.41) is 21.7. The van der Waals surface area contributed by atoms with Crippen molar-refractivity contribution in [2.75, 3.05) is 0 Å². The molecule has 1 aliphatic rings. The molecule has 0 saturated carbocycles. The summed E-state index contributed by atoms with van der Waals surface area (Å²) in [5.74, 6) is -2.01. The molecule has 4 heteroatoms. The first-order valence-electron chi connectivity index (χ1n) is 10.5. The monoisotopic (exact) mass is 392 g/mol. The molecule has 4 nitrogen and oxygen atoms in total. The molecule has 0 spiro atoms. The summed E-state index contributed by atoms with van der Waals surface area (Å²) in [5.41, 5.74) is 7.25. The molecular formula is C25H28O4-2. The van der Waals surface area contributed by atoms with Crippen molar-refractivity contribution < 1.29 is 19.8 Å². The normalized spacial score (nSPS) is 13.7. The maximum absolute atomic E-state index is 10.9. The number of benzene rings is 2. The number of fused-ring (bicyclic) bond motifs is 3. The Bertz CT molecular complexity index is 838. The second kappa shape index (κ2) is 8.81. The van der Waals surface area contributed by atoms with Crippen LogP contribution in [0.25, 0.3) is 11.1 Å². The standard InChI is InChI=1S/C25H30O4/c1-17-9-11-19-20-12-10-18(2)16-22(20)25(21(19)15-17,13-5-3-7-23(26)27)14-6-4-8-24(28)29/h9-12,15-16H,3-8,13-14H2,1-2H3,(H,26,27)(H,28,29)/p-2. The summed E-state index contributed by atoms with van der Waals surface area (Å²) in [7, 11) is 0. The molecular weight excluding hydrogens is 364 g/mol. The lowest BCUT2D eigenvalue weighted by Crippen LogP contribution is -2.27. The molecule has 154 valence electrons. The molecule has 0 fully saturated rings. The highest BCUT2D eigenvalue weighted by atomic mass is 16.4. The third kappa shape index (κ3) is 4.52. The van der Waals surface area contributed by atoms with E-state index < -0.39 is 11.9 Å². The van der Waals surface area contributed by atoms with Crippen LogP contribution in [0.1, 0.15) is 73.6 Å². The van der Waals surface area contributed by atoms with Crippen molar-refractivity contribution in [3.63, 3.8) is 0 Å². The molecule has 0 saturated heterocycles. The van der Waals surface area contributed by atoms with Gasteiger partial charge in [-0.05, 0) is 74.6 Å². The van der Waals surface area contributed by atoms with Gasteiger partial charge in [-0.3, -0.25) is 0 Å². The van der Waals surface area contributed by atoms with E-state index in [4.69, 9.17) is 0 Å². The van der Waals surface area contributed by atoms with Crippen LogP contribution in [-0.2, 0) is 15.0 Å². The smallest absolute Gasteiger partial charge is 0.0414 e. The molecule has 0 radical (unpaired) electrons. The number of unbranched alkanes of at least 4 members (excludes halogenated alkanes) is 2. The lowest BCUT2D eigenvalue weighted by Gasteiger charge is -2.33. The topological polar surface area (TPSA) is 80.3 Å². The van der Waals surface area contributed by atoms with E-state index in [0.717, 1.165) is 25.7 Å². The molecule has 0 aliphatic heterocycles. The van der Waals surface area contributed by atoms with Gasteiger partial charge in [0.25, 0.3) is 0 Å². The van der Waals surface area contributed by atoms with E-state index in [1.165, 1.54) is 33.4 Å². The molecule has 0 amide bonds. The minimum absolute atomic E-state index is 0.0715. The number of hydrogen-bond acceptors (Lipinski definition) is 4. The van der Waals surface area contributed by atoms with Crippen LogP contribution in [-0.4, -0.2) is 11.9 Å². The molecule has 0 heterocycles. The van der Waals surface area contributed by atoms with E-state index in [-0.39, 0.29) is 18.3 Å². The molecule has 0 atom stereocenters. The molecule has 1 aliphatic carbocycles. The zero-order chi connectivity index (χ0) is 21.0. The Hall–Kier alpha value is -2.62. The fraction of sp³-hybridized carbons (Fsp3) is 0.440. The first-order valence-corrected chi connectivity index (χ1v) is 10.5. The predicted octanol–water partition coefficient (Wildman–Crippen LogP) is 3.19. The van der Waals surface area contributed by atoms with Gasteiger partial charge in [0.15, 0.2) is 0 Å². The van der Waals surface area contributed by atoms with Gasteiger partial charge in [-0.1, -0.05) is 60.4 Å². The van der Waals surface area contributed by atoms with Gasteiger partial charge in [0.05, 0.1) is 0 Å². The molecule has 0 bridgehead atoms. The third-order valence-electron chi connectivity index (χ3n) is 6.14. The summed E-state index contributed by atoms with van der Waals surface area (Å²) >= 11 is 0. The molecule has 2 aromatic rings. The predicted molar refractivity (Wildman–Crippen MR) is 109 cm³/mol. The summed E-state index contributed by atoms with van der Waals surface area (Å²) in [6.45, 7) is 4.18. The maximum atomic E-state index is 10.9. The summed E-state index contributed by atoms with van der Waals surface area (Å²) in [6, 6.07) is 13.1. The number of carboxylic acid groups (broad SMARTS) is 2. The van der Waals surface area contributed by atoms with E-state index in [1.54, 1.807) is 0 Å². The molecule has 0 unspecified atom stereocenters. The van der Waals surface area contributed by atoms with E-state index in [0.29, 0.717) is 12.8 Å². The Morgan fingerprint density at radius 3 is 1.52 bits per heavy atom. The molecule has 0 aromatic heterocycles. The molecule has 2 aromatic carbocycles. The van der Waals surface area contributed by atoms with Crippen molar-refractivity contribution in [2.24, 2.45) is 0 Å². The van der Waals surface area contributed by atoms with Crippen LogP contribution >= 0.6 is 0 Å². The molecule has 29 heavy (non-hydrogen) atoms. The van der Waals surface area contributed by atoms with Crippen LogP contribution in [0.15, 0.2) is 36.4 Å². The minimum Gasteiger partial charge on any atom is -0.550 e. The van der Waals surface area contributed by atoms with Gasteiger partial charge in [0.2, 0.25) is 0 Å². The quantitative estimate of drug-likeness (QED) is 0.582. The van der Waals surface area contributed by atoms with Crippen molar-refractivity contribution in [1.82, 2.24) is 0 Å². The zero-order valence-electron chi connectivity index (χ0n) is 17.3. The fourth-order valence-corrected chi connectivity index (χ4v) is 4.78. The van der Waals surface area contributed by atoms with E-state index in [2.05, 4.69) is 50.2 Å². The molecule has 0 N–H and O–H groups in total. The van der Waals surface area contributed by atoms with Gasteiger partial charge < -0.3 is 19.8 Å². The van der Waals surface area contributed by atoms with Crippen molar-refractivity contribution in [1.29, 1.82) is 0 Å². The van der Waals surface area contributed by atoms with Crippen LogP contribution in [0.4, 0.5) is 0 Å². The van der Waals surface area contributed by atoms with Gasteiger partial charge in [-0.25, -0.2) is 0 Å². The number of aliphatic carboxylic acids is 2. The Balaban J connectivity index is 2.00. The van der Waals surface area contributed by atoms with Gasteiger partial charge in [-0.2, -0.15) is 0 Å². The van der Waals surface area contributed by atoms with Crippen LogP contribution in [0.3, 0.4) is 0 Å². The Morgan fingerprint density at radius 1 is 0.724 bits per heavy atom. The first kappa shape index (κ1) is 21.1. The highest BCUT2D eigenvalue weighted by Gasteiger charge is 2.42. The highest BCUT2D eigenvalue weighted by Crippen LogP contribution is 2.54. The number of hydrogen-bond donors (Lipinski definition) is 0. The first-order chi connectivity index (χ1) is 13.8. The molecule has 3 rings (SSSR count). The van der Waals surface area contributed by atoms with Gasteiger partial charge in [-0.15, -0.1) is 0 Å². The summed E-state index contributed by atoms with van der Waals surface area (Å²) in [4.78, 5) is 21.7. The minimum atomic E-state index is -1.01. The van der Waals surface area contributed by atoms with Crippen molar-refractivity contribution >= 4 is 11.9 Å². The average Bonchev–Trinajstić information content (AvgIpc) is 2.91. The highest BCUT2D eigenvalue weighted by molar-refractivity contribution is 5.81. The Labute approximate surface area is 172 Å². The van der Waals surface area contributed by atoms with Crippen LogP contribution in [0.2, 0.25) is 0 Å². The van der Waals surface area contributed by atoms with Crippen molar-refractivity contribution in [3.8, 4) is 11.1 Å². The largest absolute Gasteiger partial charge is 0.550 e. The lowest BCUT2D eigenvalue weighted by molar-refractivity contribution is -0.307. The van der Waals surface area contributed by atoms with Crippen LogP contribution in [0.5, 0.6) is 0 Å². The average molecular weight is 392 g/mol. The van der Waals surface area contributed by atoms with Gasteiger partial charge in [0, 0.05) is 17.4 Å². The van der Waals surface area contributed by atoms with Crippen LogP contribution < -0.4 is 10.2 Å². The second-order valence-corrected chi connectivity index (χ2v) is 8.34. The van der Waals surface area contributed by atoms with E-state index in [9.17, 15) is 19.8 Å². The number of rotatable bonds is 10. The van der Waals surface area contributed by atoms with E-state index >= 15 is 0 Å². The number of carboxylic acids is 2. The van der Waals surface area contributed by atoms with Gasteiger partial charge >= 0.3 is 0 Å². The number of carbonyl (C=O) groups is 2. The number of carbonyl (C=O) groups excluding carboxylic acids is 2. The second-order valence-electron chi connectivity index (χ2n) is 8.34. The fourth-order valence-electron chi connectivity index (χ4n) is 4.78. The van der Waals surface area contributed by atoms with Crippen molar-refractivity contribution in [3.05, 3.63) is 58.7 Å². The summed E-state index contributed by atoms with van der Waals surface area (Å²) < 4.78 is 0. The Kier molecular flexibility index (Phi) is 6.41. The van der Waals surface area contributed by atoms with Crippen LogP contribution in [0, 0.1) is 13.8 Å². The van der Waals surface area contributed by atoms with Gasteiger partial charge in [0.1, 0.15) is 0 Å². The third-order valence-corrected chi connectivity index (χ3v) is 6.14. The zero-order valence-corrected chi connectivity index (χ0v) is 17.3. The van der Waals surface area contributed by atoms with E-state index in [1.807, 2.05) is 0 Å². The maximum Gasteiger partial charge on any atom is 0.0414 e.